The zero-order valence-corrected chi connectivity index (χ0v) is 13.5. The summed E-state index contributed by atoms with van der Waals surface area (Å²) < 4.78 is 20.3. The fraction of sp³-hybridized carbons (Fsp3) is 0.188. The second kappa shape index (κ2) is 5.62. The van der Waals surface area contributed by atoms with Gasteiger partial charge < -0.3 is 4.74 Å². The maximum Gasteiger partial charge on any atom is 0.340 e. The first-order valence-electron chi connectivity index (χ1n) is 6.84. The molecule has 0 spiro atoms. The molecule has 0 saturated heterocycles. The van der Waals surface area contributed by atoms with Crippen LogP contribution in [0.25, 0.3) is 16.7 Å². The van der Waals surface area contributed by atoms with Crippen molar-refractivity contribution in [3.63, 3.8) is 0 Å². The Balaban J connectivity index is 2.43. The molecule has 2 heterocycles. The van der Waals surface area contributed by atoms with Crippen LogP contribution in [-0.2, 0) is 4.74 Å². The van der Waals surface area contributed by atoms with Gasteiger partial charge in [0.2, 0.25) is 0 Å². The Hall–Kier alpha value is -2.47. The molecule has 23 heavy (non-hydrogen) atoms. The van der Waals surface area contributed by atoms with Crippen molar-refractivity contribution in [1.29, 1.82) is 0 Å². The van der Waals surface area contributed by atoms with Gasteiger partial charge in [-0.1, -0.05) is 23.7 Å². The summed E-state index contributed by atoms with van der Waals surface area (Å²) in [6.07, 6.45) is 0. The molecule has 0 fully saturated rings. The third-order valence-corrected chi connectivity index (χ3v) is 4.03. The minimum Gasteiger partial charge on any atom is -0.465 e. The minimum absolute atomic E-state index is 0.191. The van der Waals surface area contributed by atoms with Gasteiger partial charge in [0, 0.05) is 0 Å². The number of carbonyl (C=O) groups excluding carboxylic acids is 1. The van der Waals surface area contributed by atoms with Crippen LogP contribution in [0.3, 0.4) is 0 Å². The predicted molar refractivity (Wildman–Crippen MR) is 84.6 cm³/mol. The lowest BCUT2D eigenvalue weighted by Gasteiger charge is -2.08. The van der Waals surface area contributed by atoms with E-state index < -0.39 is 11.8 Å². The predicted octanol–water partition coefficient (Wildman–Crippen LogP) is 3.62. The molecule has 2 aromatic heterocycles. The van der Waals surface area contributed by atoms with Gasteiger partial charge in [-0.05, 0) is 26.0 Å². The smallest absolute Gasteiger partial charge is 0.340 e. The van der Waals surface area contributed by atoms with E-state index in [1.807, 2.05) is 0 Å². The molecule has 0 aliphatic carbocycles. The lowest BCUT2D eigenvalue weighted by Crippen LogP contribution is -2.07. The van der Waals surface area contributed by atoms with Gasteiger partial charge in [0.1, 0.15) is 11.5 Å². The van der Waals surface area contributed by atoms with Crippen LogP contribution < -0.4 is 0 Å². The summed E-state index contributed by atoms with van der Waals surface area (Å²) in [5, 5.41) is 4.99. The summed E-state index contributed by atoms with van der Waals surface area (Å²) >= 11 is 6.23. The van der Waals surface area contributed by atoms with Gasteiger partial charge in [-0.25, -0.2) is 18.9 Å². The van der Waals surface area contributed by atoms with Crippen LogP contribution >= 0.6 is 11.6 Å². The van der Waals surface area contributed by atoms with Gasteiger partial charge >= 0.3 is 5.97 Å². The molecular weight excluding hydrogens is 321 g/mol. The lowest BCUT2D eigenvalue weighted by molar-refractivity contribution is 0.0603. The molecule has 5 nitrogen and oxygen atoms in total. The number of nitrogens with zero attached hydrogens (tertiary/aromatic N) is 3. The summed E-state index contributed by atoms with van der Waals surface area (Å²) in [5.41, 5.74) is 1.75. The van der Waals surface area contributed by atoms with Crippen LogP contribution in [0, 0.1) is 19.7 Å². The standard InChI is InChI=1S/C16H13ClFN3O2/c1-8-12-13(16(22)23-3)14(17)9(2)19-15(12)21(20-8)11-7-5-4-6-10(11)18/h4-7H,1-3H3. The highest BCUT2D eigenvalue weighted by atomic mass is 35.5. The first-order chi connectivity index (χ1) is 11.0. The molecule has 0 atom stereocenters. The average molecular weight is 334 g/mol. The average Bonchev–Trinajstić information content (AvgIpc) is 2.85. The molecule has 0 aliphatic heterocycles. The van der Waals surface area contributed by atoms with Gasteiger partial charge in [0.05, 0.1) is 34.5 Å². The number of benzene rings is 1. The number of fused-ring (bicyclic) bond motifs is 1. The number of esters is 1. The summed E-state index contributed by atoms with van der Waals surface area (Å²) in [6, 6.07) is 6.21. The van der Waals surface area contributed by atoms with E-state index in [2.05, 4.69) is 10.1 Å². The van der Waals surface area contributed by atoms with E-state index in [4.69, 9.17) is 16.3 Å². The van der Waals surface area contributed by atoms with Crippen molar-refractivity contribution < 1.29 is 13.9 Å². The van der Waals surface area contributed by atoms with Crippen molar-refractivity contribution in [2.45, 2.75) is 13.8 Å². The topological polar surface area (TPSA) is 57.0 Å². The Kier molecular flexibility index (Phi) is 3.77. The van der Waals surface area contributed by atoms with Gasteiger partial charge in [-0.2, -0.15) is 5.10 Å². The zero-order valence-electron chi connectivity index (χ0n) is 12.7. The molecule has 0 radical (unpaired) electrons. The number of methoxy groups -OCH3 is 1. The van der Waals surface area contributed by atoms with E-state index in [1.165, 1.54) is 17.9 Å². The molecule has 3 aromatic rings. The van der Waals surface area contributed by atoms with Crippen molar-refractivity contribution in [1.82, 2.24) is 14.8 Å². The highest BCUT2D eigenvalue weighted by Gasteiger charge is 2.24. The SMILES string of the molecule is COC(=O)c1c(Cl)c(C)nc2c1c(C)nn2-c1ccccc1F. The molecule has 3 rings (SSSR count). The maximum absolute atomic E-state index is 14.1. The molecule has 0 bridgehead atoms. The largest absolute Gasteiger partial charge is 0.465 e. The number of halogens is 2. The van der Waals surface area contributed by atoms with Crippen LogP contribution in [0.2, 0.25) is 5.02 Å². The Bertz CT molecular complexity index is 937. The number of aromatic nitrogens is 3. The Labute approximate surface area is 136 Å². The highest BCUT2D eigenvalue weighted by Crippen LogP contribution is 2.31. The lowest BCUT2D eigenvalue weighted by atomic mass is 10.1. The fourth-order valence-electron chi connectivity index (χ4n) is 2.49. The normalized spacial score (nSPS) is 11.0. The van der Waals surface area contributed by atoms with E-state index in [0.717, 1.165) is 0 Å². The van der Waals surface area contributed by atoms with Crippen molar-refractivity contribution >= 4 is 28.6 Å². The van der Waals surface area contributed by atoms with E-state index >= 15 is 0 Å². The quantitative estimate of drug-likeness (QED) is 0.672. The Morgan fingerprint density at radius 1 is 1.26 bits per heavy atom. The van der Waals surface area contributed by atoms with Crippen molar-refractivity contribution in [3.05, 3.63) is 52.1 Å². The number of para-hydroxylation sites is 1. The molecule has 118 valence electrons. The molecular formula is C16H13ClFN3O2. The van der Waals surface area contributed by atoms with Crippen LogP contribution in [0.15, 0.2) is 24.3 Å². The third kappa shape index (κ3) is 2.35. The van der Waals surface area contributed by atoms with E-state index in [1.54, 1.807) is 32.0 Å². The van der Waals surface area contributed by atoms with E-state index in [-0.39, 0.29) is 16.3 Å². The molecule has 7 heteroatoms. The number of rotatable bonds is 2. The summed E-state index contributed by atoms with van der Waals surface area (Å²) in [5.74, 6) is -1.02. The minimum atomic E-state index is -0.582. The van der Waals surface area contributed by atoms with E-state index in [9.17, 15) is 9.18 Å². The van der Waals surface area contributed by atoms with Crippen LogP contribution in [0.1, 0.15) is 21.7 Å². The molecule has 0 unspecified atom stereocenters. The summed E-state index contributed by atoms with van der Waals surface area (Å²) in [4.78, 5) is 16.5. The van der Waals surface area contributed by atoms with Gasteiger partial charge in [-0.3, -0.25) is 0 Å². The summed E-state index contributed by atoms with van der Waals surface area (Å²) in [7, 11) is 1.27. The Morgan fingerprint density at radius 2 is 1.96 bits per heavy atom. The van der Waals surface area contributed by atoms with E-state index in [0.29, 0.717) is 22.4 Å². The number of hydrogen-bond donors (Lipinski definition) is 0. The van der Waals surface area contributed by atoms with Crippen molar-refractivity contribution in [2.75, 3.05) is 7.11 Å². The molecule has 0 N–H and O–H groups in total. The first-order valence-corrected chi connectivity index (χ1v) is 7.22. The second-order valence-electron chi connectivity index (χ2n) is 5.03. The second-order valence-corrected chi connectivity index (χ2v) is 5.40. The van der Waals surface area contributed by atoms with Gasteiger partial charge in [-0.15, -0.1) is 0 Å². The first kappa shape index (κ1) is 15.4. The number of aryl methyl sites for hydroxylation is 2. The molecule has 0 aliphatic rings. The number of hydrogen-bond acceptors (Lipinski definition) is 4. The third-order valence-electron chi connectivity index (χ3n) is 3.57. The molecule has 0 amide bonds. The number of pyridine rings is 1. The summed E-state index contributed by atoms with van der Waals surface area (Å²) in [6.45, 7) is 3.38. The Morgan fingerprint density at radius 3 is 2.61 bits per heavy atom. The van der Waals surface area contributed by atoms with Gasteiger partial charge in [0.15, 0.2) is 5.65 Å². The molecule has 1 aromatic carbocycles. The highest BCUT2D eigenvalue weighted by molar-refractivity contribution is 6.35. The van der Waals surface area contributed by atoms with Crippen LogP contribution in [0.5, 0.6) is 0 Å². The zero-order chi connectivity index (χ0) is 16.7. The maximum atomic E-state index is 14.1. The monoisotopic (exact) mass is 333 g/mol. The van der Waals surface area contributed by atoms with Crippen LogP contribution in [0.4, 0.5) is 4.39 Å². The van der Waals surface area contributed by atoms with Crippen molar-refractivity contribution in [3.8, 4) is 5.69 Å². The number of carbonyl (C=O) groups is 1. The fourth-order valence-corrected chi connectivity index (χ4v) is 2.71. The number of ether oxygens (including phenoxy) is 1. The van der Waals surface area contributed by atoms with Crippen LogP contribution in [-0.4, -0.2) is 27.8 Å². The van der Waals surface area contributed by atoms with Crippen molar-refractivity contribution in [2.24, 2.45) is 0 Å². The molecule has 0 saturated carbocycles. The van der Waals surface area contributed by atoms with Gasteiger partial charge in [0.25, 0.3) is 0 Å².